The summed E-state index contributed by atoms with van der Waals surface area (Å²) < 4.78 is 36.0. The molecule has 1 aliphatic rings. The maximum Gasteiger partial charge on any atom is 0.155 e. The van der Waals surface area contributed by atoms with E-state index in [1.54, 1.807) is 0 Å². The monoisotopic (exact) mass is 1070 g/mol. The minimum absolute atomic E-state index is 0.301. The average molecular weight is 1070 g/mol. The Bertz CT molecular complexity index is 4580. The maximum absolute atomic E-state index is 18.0. The zero-order chi connectivity index (χ0) is 56.3. The smallest absolute Gasteiger partial charge is 0.155 e. The Morgan fingerprint density at radius 1 is 0.289 bits per heavy atom. The van der Waals surface area contributed by atoms with Gasteiger partial charge in [0, 0.05) is 39.3 Å². The van der Waals surface area contributed by atoms with Gasteiger partial charge in [-0.05, 0) is 175 Å². The molecule has 0 saturated carbocycles. The highest BCUT2D eigenvalue weighted by molar-refractivity contribution is 6.24. The van der Waals surface area contributed by atoms with Crippen molar-refractivity contribution < 1.29 is 8.78 Å². The zero-order valence-electron chi connectivity index (χ0n) is 46.7. The fourth-order valence-corrected chi connectivity index (χ4v) is 12.7. The van der Waals surface area contributed by atoms with Crippen molar-refractivity contribution in [2.24, 2.45) is 0 Å². The summed E-state index contributed by atoms with van der Waals surface area (Å²) in [6.07, 6.45) is 0. The minimum Gasteiger partial charge on any atom is -0.308 e. The van der Waals surface area contributed by atoms with Gasteiger partial charge in [0.15, 0.2) is 11.6 Å². The van der Waals surface area contributed by atoms with Gasteiger partial charge in [0.2, 0.25) is 0 Å². The van der Waals surface area contributed by atoms with E-state index in [2.05, 4.69) is 195 Å². The first kappa shape index (κ1) is 51.0. The van der Waals surface area contributed by atoms with Gasteiger partial charge in [-0.1, -0.05) is 231 Å². The number of hydrogen-bond acceptors (Lipinski definition) is 2. The Labute approximate surface area is 484 Å². The molecule has 4 heteroatoms. The van der Waals surface area contributed by atoms with Gasteiger partial charge in [-0.25, -0.2) is 8.78 Å². The molecule has 13 aromatic carbocycles. The molecular weight excluding hydrogens is 1010 g/mol. The SMILES string of the molecule is Cc1ccc(N(c2ccc3c(c2)C(C)(C)c2cccc4c2c-3c(-c2ccccc2)c2ccc(N(c3ccc(C)cc3)c3cc(-c5ccccc5)cc(-c5ccccc5)c3F)cc24)c2cc(-c3ccccc3)cc(-c3ccccc3)c2F)cc1. The molecule has 0 atom stereocenters. The molecule has 0 fully saturated rings. The first-order valence-corrected chi connectivity index (χ1v) is 28.4. The van der Waals surface area contributed by atoms with Gasteiger partial charge in [0.05, 0.1) is 11.4 Å². The highest BCUT2D eigenvalue weighted by atomic mass is 19.1. The van der Waals surface area contributed by atoms with Crippen LogP contribution in [0, 0.1) is 25.5 Å². The number of anilines is 6. The molecule has 0 saturated heterocycles. The summed E-state index contributed by atoms with van der Waals surface area (Å²) in [7, 11) is 0. The molecule has 83 heavy (non-hydrogen) atoms. The topological polar surface area (TPSA) is 6.48 Å². The number of benzene rings is 13. The largest absolute Gasteiger partial charge is 0.308 e. The van der Waals surface area contributed by atoms with E-state index < -0.39 is 5.41 Å². The van der Waals surface area contributed by atoms with E-state index in [-0.39, 0.29) is 11.6 Å². The predicted octanol–water partition coefficient (Wildman–Crippen LogP) is 22.5. The number of fused-ring (bicyclic) bond motifs is 4. The molecule has 0 aromatic heterocycles. The normalized spacial score (nSPS) is 12.3. The van der Waals surface area contributed by atoms with Crippen molar-refractivity contribution >= 4 is 55.7 Å². The van der Waals surface area contributed by atoms with Crippen LogP contribution in [0.5, 0.6) is 0 Å². The van der Waals surface area contributed by atoms with Crippen molar-refractivity contribution in [3.05, 3.63) is 313 Å². The van der Waals surface area contributed by atoms with Crippen LogP contribution < -0.4 is 9.80 Å². The maximum atomic E-state index is 18.0. The molecule has 13 aromatic rings. The minimum atomic E-state index is -0.529. The van der Waals surface area contributed by atoms with Crippen molar-refractivity contribution in [1.82, 2.24) is 0 Å². The van der Waals surface area contributed by atoms with E-state index in [4.69, 9.17) is 0 Å². The highest BCUT2D eigenvalue weighted by Crippen LogP contribution is 2.57. The van der Waals surface area contributed by atoms with Gasteiger partial charge >= 0.3 is 0 Å². The first-order chi connectivity index (χ1) is 40.6. The molecule has 0 amide bonds. The molecule has 14 rings (SSSR count). The van der Waals surface area contributed by atoms with Crippen LogP contribution in [-0.2, 0) is 5.41 Å². The molecule has 1 aliphatic carbocycles. The number of aryl methyl sites for hydroxylation is 2. The third-order valence-electron chi connectivity index (χ3n) is 16.9. The lowest BCUT2D eigenvalue weighted by atomic mass is 9.66. The highest BCUT2D eigenvalue weighted by Gasteiger charge is 2.37. The van der Waals surface area contributed by atoms with E-state index in [9.17, 15) is 0 Å². The van der Waals surface area contributed by atoms with Gasteiger partial charge < -0.3 is 9.80 Å². The Hall–Kier alpha value is -10.2. The van der Waals surface area contributed by atoms with Crippen LogP contribution in [0.2, 0.25) is 0 Å². The molecular formula is C79H58F2N2. The van der Waals surface area contributed by atoms with Gasteiger partial charge in [-0.2, -0.15) is 0 Å². The Kier molecular flexibility index (Phi) is 12.7. The molecule has 0 N–H and O–H groups in total. The van der Waals surface area contributed by atoms with Crippen molar-refractivity contribution in [3.8, 4) is 66.8 Å². The van der Waals surface area contributed by atoms with Crippen LogP contribution in [0.3, 0.4) is 0 Å². The van der Waals surface area contributed by atoms with Crippen molar-refractivity contribution in [3.63, 3.8) is 0 Å². The lowest BCUT2D eigenvalue weighted by Crippen LogP contribution is -2.25. The molecule has 2 nitrogen and oxygen atoms in total. The fraction of sp³-hybridized carbons (Fsp3) is 0.0633. The van der Waals surface area contributed by atoms with Crippen molar-refractivity contribution in [2.45, 2.75) is 33.1 Å². The van der Waals surface area contributed by atoms with E-state index in [0.29, 0.717) is 22.5 Å². The summed E-state index contributed by atoms with van der Waals surface area (Å²) in [5, 5.41) is 4.43. The lowest BCUT2D eigenvalue weighted by Gasteiger charge is -2.38. The number of rotatable bonds is 11. The standard InChI is InChI=1S/C79H58F2N2/c1-51-33-37-60(38-34-51)82(72-47-58(53-21-10-5-11-22-53)45-67(77(72)80)55-25-14-7-15-26-55)62-41-43-65-69(49-62)64-31-20-32-70-75(64)76(74(65)57-29-18-9-19-30-57)66-44-42-63(50-71(66)79(70,3)4)83(61-39-35-52(2)36-40-61)73-48-59(54-23-12-6-13-24-54)46-68(78(73)81)56-27-16-8-17-28-56/h5-50H,1-4H3. The number of halogens is 2. The van der Waals surface area contributed by atoms with E-state index in [0.717, 1.165) is 111 Å². The summed E-state index contributed by atoms with van der Waals surface area (Å²) in [4.78, 5) is 4.19. The summed E-state index contributed by atoms with van der Waals surface area (Å²) in [5.74, 6) is -0.606. The molecule has 0 heterocycles. The average Bonchev–Trinajstić information content (AvgIpc) is 3.66. The van der Waals surface area contributed by atoms with Crippen LogP contribution in [0.1, 0.15) is 36.1 Å². The van der Waals surface area contributed by atoms with Crippen molar-refractivity contribution in [1.29, 1.82) is 0 Å². The molecule has 398 valence electrons. The van der Waals surface area contributed by atoms with Crippen molar-refractivity contribution in [2.75, 3.05) is 9.80 Å². The van der Waals surface area contributed by atoms with Gasteiger partial charge in [0.25, 0.3) is 0 Å². The van der Waals surface area contributed by atoms with Crippen LogP contribution in [0.25, 0.3) is 88.3 Å². The third kappa shape index (κ3) is 8.95. The Balaban J connectivity index is 1.01. The summed E-state index contributed by atoms with van der Waals surface area (Å²) in [6, 6.07) is 95.8. The Morgan fingerprint density at radius 2 is 0.711 bits per heavy atom. The second-order valence-corrected chi connectivity index (χ2v) is 22.4. The lowest BCUT2D eigenvalue weighted by molar-refractivity contribution is 0.632. The van der Waals surface area contributed by atoms with Crippen LogP contribution >= 0.6 is 0 Å². The van der Waals surface area contributed by atoms with Gasteiger partial charge in [0.1, 0.15) is 0 Å². The quantitative estimate of drug-likeness (QED) is 0.119. The molecule has 0 bridgehead atoms. The molecule has 0 aliphatic heterocycles. The van der Waals surface area contributed by atoms with Gasteiger partial charge in [-0.15, -0.1) is 0 Å². The molecule has 0 unspecified atom stereocenters. The first-order valence-electron chi connectivity index (χ1n) is 28.4. The van der Waals surface area contributed by atoms with E-state index in [1.165, 1.54) is 10.9 Å². The summed E-state index contributed by atoms with van der Waals surface area (Å²) >= 11 is 0. The molecule has 0 radical (unpaired) electrons. The van der Waals surface area contributed by atoms with Crippen LogP contribution in [0.4, 0.5) is 42.9 Å². The zero-order valence-corrected chi connectivity index (χ0v) is 46.7. The summed E-state index contributed by atoms with van der Waals surface area (Å²) in [5.41, 5.74) is 19.3. The Morgan fingerprint density at radius 3 is 1.19 bits per heavy atom. The van der Waals surface area contributed by atoms with E-state index in [1.807, 2.05) is 121 Å². The van der Waals surface area contributed by atoms with Gasteiger partial charge in [-0.3, -0.25) is 0 Å². The third-order valence-corrected chi connectivity index (χ3v) is 16.9. The number of hydrogen-bond donors (Lipinski definition) is 0. The second-order valence-electron chi connectivity index (χ2n) is 22.4. The van der Waals surface area contributed by atoms with E-state index >= 15 is 8.78 Å². The van der Waals surface area contributed by atoms with Crippen LogP contribution in [0.15, 0.2) is 279 Å². The second kappa shape index (κ2) is 20.7. The predicted molar refractivity (Wildman–Crippen MR) is 345 cm³/mol. The fourth-order valence-electron chi connectivity index (χ4n) is 12.7. The number of nitrogens with zero attached hydrogens (tertiary/aromatic N) is 2. The van der Waals surface area contributed by atoms with Crippen LogP contribution in [-0.4, -0.2) is 0 Å². The summed E-state index contributed by atoms with van der Waals surface area (Å²) in [6.45, 7) is 8.81. The molecule has 0 spiro atoms.